The molecule has 1 aliphatic heterocycles. The van der Waals surface area contributed by atoms with Crippen molar-refractivity contribution in [3.05, 3.63) is 35.6 Å². The fourth-order valence-corrected chi connectivity index (χ4v) is 1.48. The monoisotopic (exact) mass is 207 g/mol. The van der Waals surface area contributed by atoms with Crippen LogP contribution in [0.4, 0.5) is 4.39 Å². The molecule has 0 N–H and O–H groups in total. The number of aliphatic imine (C=N–C) groups is 1. The van der Waals surface area contributed by atoms with Gasteiger partial charge >= 0.3 is 0 Å². The van der Waals surface area contributed by atoms with Crippen molar-refractivity contribution in [3.63, 3.8) is 0 Å². The molecule has 1 atom stereocenters. The van der Waals surface area contributed by atoms with Crippen LogP contribution >= 0.6 is 0 Å². The summed E-state index contributed by atoms with van der Waals surface area (Å²) in [5, 5.41) is 0. The van der Waals surface area contributed by atoms with Crippen LogP contribution in [0, 0.1) is 11.7 Å². The van der Waals surface area contributed by atoms with Crippen LogP contribution in [0.3, 0.4) is 0 Å². The van der Waals surface area contributed by atoms with Gasteiger partial charge in [0.25, 0.3) is 0 Å². The SMILES string of the molecule is CC(C)[C@H]1COC(c2ccc(F)cc2)=N1. The Morgan fingerprint density at radius 3 is 2.53 bits per heavy atom. The van der Waals surface area contributed by atoms with Crippen molar-refractivity contribution in [2.45, 2.75) is 19.9 Å². The molecular formula is C12H14FNO. The number of hydrogen-bond acceptors (Lipinski definition) is 2. The van der Waals surface area contributed by atoms with E-state index >= 15 is 0 Å². The van der Waals surface area contributed by atoms with Gasteiger partial charge in [0.15, 0.2) is 0 Å². The first kappa shape index (κ1) is 10.1. The average Bonchev–Trinajstić information content (AvgIpc) is 2.68. The molecule has 1 aromatic carbocycles. The first-order valence-corrected chi connectivity index (χ1v) is 5.13. The van der Waals surface area contributed by atoms with Crippen LogP contribution in [0.2, 0.25) is 0 Å². The van der Waals surface area contributed by atoms with Gasteiger partial charge in [-0.1, -0.05) is 13.8 Å². The van der Waals surface area contributed by atoms with Crippen molar-refractivity contribution in [2.24, 2.45) is 10.9 Å². The zero-order valence-electron chi connectivity index (χ0n) is 8.90. The third kappa shape index (κ3) is 2.17. The van der Waals surface area contributed by atoms with Gasteiger partial charge in [-0.2, -0.15) is 0 Å². The van der Waals surface area contributed by atoms with Crippen LogP contribution < -0.4 is 0 Å². The van der Waals surface area contributed by atoms with Gasteiger partial charge in [-0.05, 0) is 30.2 Å². The van der Waals surface area contributed by atoms with Gasteiger partial charge in [0.2, 0.25) is 5.90 Å². The molecule has 1 aromatic rings. The lowest BCUT2D eigenvalue weighted by atomic mass is 10.1. The Labute approximate surface area is 88.8 Å². The molecule has 0 radical (unpaired) electrons. The Morgan fingerprint density at radius 2 is 2.00 bits per heavy atom. The van der Waals surface area contributed by atoms with Crippen molar-refractivity contribution in [2.75, 3.05) is 6.61 Å². The lowest BCUT2D eigenvalue weighted by Gasteiger charge is -2.06. The van der Waals surface area contributed by atoms with Crippen LogP contribution in [0.5, 0.6) is 0 Å². The van der Waals surface area contributed by atoms with Crippen molar-refractivity contribution in [3.8, 4) is 0 Å². The smallest absolute Gasteiger partial charge is 0.216 e. The summed E-state index contributed by atoms with van der Waals surface area (Å²) in [6.45, 7) is 4.86. The van der Waals surface area contributed by atoms with Crippen molar-refractivity contribution in [1.29, 1.82) is 0 Å². The minimum Gasteiger partial charge on any atom is -0.475 e. The second-order valence-electron chi connectivity index (χ2n) is 4.06. The molecule has 0 amide bonds. The minimum absolute atomic E-state index is 0.227. The normalized spacial score (nSPS) is 20.3. The number of hydrogen-bond donors (Lipinski definition) is 0. The van der Waals surface area contributed by atoms with Crippen LogP contribution in [0.1, 0.15) is 19.4 Å². The zero-order valence-corrected chi connectivity index (χ0v) is 8.90. The van der Waals surface area contributed by atoms with E-state index < -0.39 is 0 Å². The molecule has 15 heavy (non-hydrogen) atoms. The van der Waals surface area contributed by atoms with E-state index in [0.717, 1.165) is 5.56 Å². The van der Waals surface area contributed by atoms with Crippen LogP contribution in [0.15, 0.2) is 29.3 Å². The third-order valence-electron chi connectivity index (χ3n) is 2.53. The number of halogens is 1. The molecule has 80 valence electrons. The van der Waals surface area contributed by atoms with Gasteiger partial charge in [0, 0.05) is 5.56 Å². The number of benzene rings is 1. The fraction of sp³-hybridized carbons (Fsp3) is 0.417. The summed E-state index contributed by atoms with van der Waals surface area (Å²) >= 11 is 0. The number of ether oxygens (including phenoxy) is 1. The van der Waals surface area contributed by atoms with Gasteiger partial charge in [-0.15, -0.1) is 0 Å². The van der Waals surface area contributed by atoms with Gasteiger partial charge in [0.05, 0.1) is 6.04 Å². The molecule has 0 aromatic heterocycles. The molecule has 0 spiro atoms. The Balaban J connectivity index is 2.19. The maximum Gasteiger partial charge on any atom is 0.216 e. The Hall–Kier alpha value is -1.38. The summed E-state index contributed by atoms with van der Waals surface area (Å²) in [4.78, 5) is 4.46. The Kier molecular flexibility index (Phi) is 2.71. The molecule has 2 nitrogen and oxygen atoms in total. The molecule has 0 unspecified atom stereocenters. The molecule has 2 rings (SSSR count). The van der Waals surface area contributed by atoms with Gasteiger partial charge in [-0.25, -0.2) is 9.38 Å². The van der Waals surface area contributed by atoms with Crippen molar-refractivity contribution >= 4 is 5.90 Å². The molecular weight excluding hydrogens is 193 g/mol. The molecule has 0 bridgehead atoms. The molecule has 0 fully saturated rings. The Bertz CT molecular complexity index is 370. The van der Waals surface area contributed by atoms with Crippen molar-refractivity contribution < 1.29 is 9.13 Å². The first-order chi connectivity index (χ1) is 7.16. The summed E-state index contributed by atoms with van der Waals surface area (Å²) in [5.74, 6) is 0.870. The maximum absolute atomic E-state index is 12.7. The summed E-state index contributed by atoms with van der Waals surface area (Å²) in [5.41, 5.74) is 0.847. The van der Waals surface area contributed by atoms with Crippen LogP contribution in [-0.2, 0) is 4.74 Å². The molecule has 0 aliphatic carbocycles. The number of nitrogens with zero attached hydrogens (tertiary/aromatic N) is 1. The molecule has 0 saturated carbocycles. The van der Waals surface area contributed by atoms with Crippen LogP contribution in [-0.4, -0.2) is 18.5 Å². The van der Waals surface area contributed by atoms with E-state index in [0.29, 0.717) is 18.4 Å². The molecule has 1 heterocycles. The van der Waals surface area contributed by atoms with E-state index in [9.17, 15) is 4.39 Å². The minimum atomic E-state index is -0.238. The standard InChI is InChI=1S/C12H14FNO/c1-8(2)11-7-15-12(14-11)9-3-5-10(13)6-4-9/h3-6,8,11H,7H2,1-2H3/t11-/m1/s1. The zero-order chi connectivity index (χ0) is 10.8. The highest BCUT2D eigenvalue weighted by Crippen LogP contribution is 2.17. The third-order valence-corrected chi connectivity index (χ3v) is 2.53. The largest absolute Gasteiger partial charge is 0.475 e. The first-order valence-electron chi connectivity index (χ1n) is 5.13. The summed E-state index contributed by atoms with van der Waals surface area (Å²) in [6.07, 6.45) is 0. The second-order valence-corrected chi connectivity index (χ2v) is 4.06. The van der Waals surface area contributed by atoms with E-state index in [-0.39, 0.29) is 11.9 Å². The van der Waals surface area contributed by atoms with Crippen molar-refractivity contribution in [1.82, 2.24) is 0 Å². The highest BCUT2D eigenvalue weighted by atomic mass is 19.1. The van der Waals surface area contributed by atoms with E-state index in [2.05, 4.69) is 18.8 Å². The van der Waals surface area contributed by atoms with E-state index in [1.165, 1.54) is 12.1 Å². The predicted molar refractivity (Wildman–Crippen MR) is 57.5 cm³/mol. The quantitative estimate of drug-likeness (QED) is 0.730. The highest BCUT2D eigenvalue weighted by Gasteiger charge is 2.22. The summed E-state index contributed by atoms with van der Waals surface area (Å²) in [6, 6.07) is 6.45. The summed E-state index contributed by atoms with van der Waals surface area (Å²) < 4.78 is 18.2. The summed E-state index contributed by atoms with van der Waals surface area (Å²) in [7, 11) is 0. The maximum atomic E-state index is 12.7. The molecule has 3 heteroatoms. The average molecular weight is 207 g/mol. The molecule has 0 saturated heterocycles. The van der Waals surface area contributed by atoms with Gasteiger partial charge in [-0.3, -0.25) is 0 Å². The highest BCUT2D eigenvalue weighted by molar-refractivity contribution is 5.95. The lowest BCUT2D eigenvalue weighted by molar-refractivity contribution is 0.292. The predicted octanol–water partition coefficient (Wildman–Crippen LogP) is 2.63. The second kappa shape index (κ2) is 4.01. The number of rotatable bonds is 2. The van der Waals surface area contributed by atoms with E-state index in [1.807, 2.05) is 0 Å². The lowest BCUT2D eigenvalue weighted by Crippen LogP contribution is -2.13. The van der Waals surface area contributed by atoms with E-state index in [1.54, 1.807) is 12.1 Å². The fourth-order valence-electron chi connectivity index (χ4n) is 1.48. The topological polar surface area (TPSA) is 21.6 Å². The van der Waals surface area contributed by atoms with Crippen LogP contribution in [0.25, 0.3) is 0 Å². The Morgan fingerprint density at radius 1 is 1.33 bits per heavy atom. The van der Waals surface area contributed by atoms with E-state index in [4.69, 9.17) is 4.74 Å². The molecule has 1 aliphatic rings. The van der Waals surface area contributed by atoms with Gasteiger partial charge in [0.1, 0.15) is 12.4 Å². The van der Waals surface area contributed by atoms with Gasteiger partial charge < -0.3 is 4.74 Å².